The Labute approximate surface area is 168 Å². The summed E-state index contributed by atoms with van der Waals surface area (Å²) in [5, 5.41) is 5.82. The third-order valence-electron chi connectivity index (χ3n) is 5.94. The molecule has 0 saturated carbocycles. The van der Waals surface area contributed by atoms with Gasteiger partial charge in [0.15, 0.2) is 0 Å². The van der Waals surface area contributed by atoms with E-state index in [1.807, 2.05) is 30.0 Å². The molecule has 0 aliphatic carbocycles. The van der Waals surface area contributed by atoms with Gasteiger partial charge in [-0.05, 0) is 76.2 Å². The van der Waals surface area contributed by atoms with Crippen molar-refractivity contribution in [2.24, 2.45) is 5.92 Å². The van der Waals surface area contributed by atoms with E-state index in [1.54, 1.807) is 0 Å². The number of amides is 3. The number of likely N-dealkylation sites (tertiary alicyclic amines) is 2. The topological polar surface area (TPSA) is 64.7 Å². The summed E-state index contributed by atoms with van der Waals surface area (Å²) in [6, 6.07) is 5.37. The number of hydrogen-bond acceptors (Lipinski definition) is 3. The van der Waals surface area contributed by atoms with Crippen molar-refractivity contribution in [3.63, 3.8) is 0 Å². The average molecular weight is 387 g/mol. The molecule has 0 atom stereocenters. The Bertz CT molecular complexity index is 677. The van der Waals surface area contributed by atoms with Crippen molar-refractivity contribution in [1.82, 2.24) is 15.1 Å². The number of urea groups is 1. The largest absolute Gasteiger partial charge is 0.339 e. The van der Waals surface area contributed by atoms with Crippen LogP contribution >= 0.6 is 0 Å². The number of carbonyl (C=O) groups is 2. The Kier molecular flexibility index (Phi) is 7.31. The maximum atomic E-state index is 12.9. The van der Waals surface area contributed by atoms with Crippen LogP contribution in [0.25, 0.3) is 0 Å². The standard InChI is InChI=1S/C22H34N4O2/c1-17-9-15-25(16-10-17)12-6-11-23-22(28)24-19-8-5-7-18(2)20(19)21(27)26-13-3-4-14-26/h5,7-8,17H,3-4,6,9-16H2,1-2H3,(H2,23,24,28). The smallest absolute Gasteiger partial charge is 0.319 e. The molecule has 2 saturated heterocycles. The second-order valence-electron chi connectivity index (χ2n) is 8.26. The Balaban J connectivity index is 1.48. The molecule has 2 aliphatic heterocycles. The molecule has 28 heavy (non-hydrogen) atoms. The molecule has 2 aliphatic rings. The molecule has 2 N–H and O–H groups in total. The molecule has 6 nitrogen and oxygen atoms in total. The van der Waals surface area contributed by atoms with Gasteiger partial charge in [-0.1, -0.05) is 19.1 Å². The molecular weight excluding hydrogens is 352 g/mol. The van der Waals surface area contributed by atoms with Crippen molar-refractivity contribution in [2.45, 2.75) is 46.0 Å². The average Bonchev–Trinajstić information content (AvgIpc) is 3.21. The Morgan fingerprint density at radius 1 is 1.11 bits per heavy atom. The minimum atomic E-state index is -0.242. The predicted molar refractivity (Wildman–Crippen MR) is 113 cm³/mol. The summed E-state index contributed by atoms with van der Waals surface area (Å²) >= 11 is 0. The number of benzene rings is 1. The van der Waals surface area contributed by atoms with Crippen LogP contribution in [0.15, 0.2) is 18.2 Å². The molecule has 154 valence electrons. The highest BCUT2D eigenvalue weighted by Gasteiger charge is 2.24. The van der Waals surface area contributed by atoms with E-state index >= 15 is 0 Å². The third-order valence-corrected chi connectivity index (χ3v) is 5.94. The lowest BCUT2D eigenvalue weighted by Crippen LogP contribution is -2.36. The summed E-state index contributed by atoms with van der Waals surface area (Å²) in [7, 11) is 0. The zero-order chi connectivity index (χ0) is 19.9. The van der Waals surface area contributed by atoms with Crippen LogP contribution in [-0.4, -0.2) is 61.0 Å². The molecule has 0 radical (unpaired) electrons. The van der Waals surface area contributed by atoms with Crippen LogP contribution in [0.5, 0.6) is 0 Å². The monoisotopic (exact) mass is 386 g/mol. The summed E-state index contributed by atoms with van der Waals surface area (Å²) in [6.45, 7) is 9.83. The van der Waals surface area contributed by atoms with Gasteiger partial charge in [-0.3, -0.25) is 4.79 Å². The first kappa shape index (κ1) is 20.6. The normalized spacial score (nSPS) is 18.3. The Hall–Kier alpha value is -2.08. The lowest BCUT2D eigenvalue weighted by Gasteiger charge is -2.30. The van der Waals surface area contributed by atoms with Crippen LogP contribution in [0.2, 0.25) is 0 Å². The quantitative estimate of drug-likeness (QED) is 0.736. The lowest BCUT2D eigenvalue weighted by atomic mass is 9.99. The van der Waals surface area contributed by atoms with E-state index in [0.29, 0.717) is 17.8 Å². The van der Waals surface area contributed by atoms with E-state index in [-0.39, 0.29) is 11.9 Å². The first-order chi connectivity index (χ1) is 13.5. The zero-order valence-corrected chi connectivity index (χ0v) is 17.3. The number of carbonyl (C=O) groups excluding carboxylic acids is 2. The zero-order valence-electron chi connectivity index (χ0n) is 17.3. The van der Waals surface area contributed by atoms with E-state index in [1.165, 1.54) is 25.9 Å². The van der Waals surface area contributed by atoms with E-state index in [9.17, 15) is 9.59 Å². The van der Waals surface area contributed by atoms with Crippen LogP contribution in [0, 0.1) is 12.8 Å². The van der Waals surface area contributed by atoms with Crippen molar-refractivity contribution >= 4 is 17.6 Å². The molecule has 0 spiro atoms. The van der Waals surface area contributed by atoms with Gasteiger partial charge in [-0.2, -0.15) is 0 Å². The number of rotatable bonds is 6. The van der Waals surface area contributed by atoms with Gasteiger partial charge in [0.25, 0.3) is 5.91 Å². The van der Waals surface area contributed by atoms with Gasteiger partial charge < -0.3 is 20.4 Å². The van der Waals surface area contributed by atoms with Gasteiger partial charge >= 0.3 is 6.03 Å². The second-order valence-corrected chi connectivity index (χ2v) is 8.26. The molecule has 0 bridgehead atoms. The molecule has 3 amide bonds. The number of piperidine rings is 1. The summed E-state index contributed by atoms with van der Waals surface area (Å²) in [5.41, 5.74) is 2.11. The molecule has 1 aromatic carbocycles. The molecule has 2 heterocycles. The summed E-state index contributed by atoms with van der Waals surface area (Å²) < 4.78 is 0. The van der Waals surface area contributed by atoms with Crippen LogP contribution in [0.1, 0.15) is 54.9 Å². The number of aryl methyl sites for hydroxylation is 1. The van der Waals surface area contributed by atoms with E-state index in [2.05, 4.69) is 22.5 Å². The molecule has 0 unspecified atom stereocenters. The molecule has 2 fully saturated rings. The molecule has 3 rings (SSSR count). The fourth-order valence-electron chi connectivity index (χ4n) is 4.09. The van der Waals surface area contributed by atoms with Gasteiger partial charge in [0.05, 0.1) is 11.3 Å². The Morgan fingerprint density at radius 2 is 1.82 bits per heavy atom. The number of nitrogens with one attached hydrogen (secondary N) is 2. The molecular formula is C22H34N4O2. The maximum absolute atomic E-state index is 12.9. The molecule has 6 heteroatoms. The highest BCUT2D eigenvalue weighted by atomic mass is 16.2. The lowest BCUT2D eigenvalue weighted by molar-refractivity contribution is 0.0793. The fourth-order valence-corrected chi connectivity index (χ4v) is 4.09. The van der Waals surface area contributed by atoms with Crippen molar-refractivity contribution < 1.29 is 9.59 Å². The third kappa shape index (κ3) is 5.47. The number of anilines is 1. The van der Waals surface area contributed by atoms with Crippen LogP contribution in [-0.2, 0) is 0 Å². The predicted octanol–water partition coefficient (Wildman–Crippen LogP) is 3.47. The molecule has 0 aromatic heterocycles. The van der Waals surface area contributed by atoms with Crippen LogP contribution < -0.4 is 10.6 Å². The van der Waals surface area contributed by atoms with Crippen LogP contribution in [0.3, 0.4) is 0 Å². The SMILES string of the molecule is Cc1cccc(NC(=O)NCCCN2CCC(C)CC2)c1C(=O)N1CCCC1. The van der Waals surface area contributed by atoms with Gasteiger partial charge in [-0.25, -0.2) is 4.79 Å². The minimum absolute atomic E-state index is 0.0187. The second kappa shape index (κ2) is 9.92. The van der Waals surface area contributed by atoms with Crippen molar-refractivity contribution in [1.29, 1.82) is 0 Å². The number of nitrogens with zero attached hydrogens (tertiary/aromatic N) is 2. The summed E-state index contributed by atoms with van der Waals surface area (Å²) in [6.07, 6.45) is 5.59. The highest BCUT2D eigenvalue weighted by Crippen LogP contribution is 2.23. The maximum Gasteiger partial charge on any atom is 0.319 e. The van der Waals surface area contributed by atoms with Gasteiger partial charge in [0.1, 0.15) is 0 Å². The first-order valence-corrected chi connectivity index (χ1v) is 10.7. The van der Waals surface area contributed by atoms with Crippen LogP contribution in [0.4, 0.5) is 10.5 Å². The number of hydrogen-bond donors (Lipinski definition) is 2. The van der Waals surface area contributed by atoms with E-state index in [0.717, 1.165) is 50.4 Å². The van der Waals surface area contributed by atoms with E-state index < -0.39 is 0 Å². The first-order valence-electron chi connectivity index (χ1n) is 10.7. The molecule has 1 aromatic rings. The Morgan fingerprint density at radius 3 is 2.54 bits per heavy atom. The summed E-state index contributed by atoms with van der Waals surface area (Å²) in [5.74, 6) is 0.858. The summed E-state index contributed by atoms with van der Waals surface area (Å²) in [4.78, 5) is 29.6. The van der Waals surface area contributed by atoms with Crippen molar-refractivity contribution in [2.75, 3.05) is 44.6 Å². The van der Waals surface area contributed by atoms with Gasteiger partial charge in [-0.15, -0.1) is 0 Å². The van der Waals surface area contributed by atoms with Crippen molar-refractivity contribution in [3.05, 3.63) is 29.3 Å². The van der Waals surface area contributed by atoms with Crippen molar-refractivity contribution in [3.8, 4) is 0 Å². The van der Waals surface area contributed by atoms with E-state index in [4.69, 9.17) is 0 Å². The van der Waals surface area contributed by atoms with Gasteiger partial charge in [0, 0.05) is 19.6 Å². The fraction of sp³-hybridized carbons (Fsp3) is 0.636. The van der Waals surface area contributed by atoms with Gasteiger partial charge in [0.2, 0.25) is 0 Å². The minimum Gasteiger partial charge on any atom is -0.339 e. The highest BCUT2D eigenvalue weighted by molar-refractivity contribution is 6.04.